The Morgan fingerprint density at radius 2 is 2.17 bits per heavy atom. The quantitative estimate of drug-likeness (QED) is 0.658. The molecule has 1 saturated heterocycles. The Hall–Kier alpha value is -1.50. The second-order valence-electron chi connectivity index (χ2n) is 6.48. The van der Waals surface area contributed by atoms with E-state index in [4.69, 9.17) is 4.74 Å². The van der Waals surface area contributed by atoms with Gasteiger partial charge in [0.05, 0.1) is 18.6 Å². The molecule has 23 heavy (non-hydrogen) atoms. The molecule has 1 aliphatic heterocycles. The van der Waals surface area contributed by atoms with Gasteiger partial charge >= 0.3 is 0 Å². The van der Waals surface area contributed by atoms with Crippen LogP contribution in [0.3, 0.4) is 0 Å². The summed E-state index contributed by atoms with van der Waals surface area (Å²) in [5.74, 6) is -0.760. The highest BCUT2D eigenvalue weighted by molar-refractivity contribution is 5.88. The van der Waals surface area contributed by atoms with Gasteiger partial charge in [0.1, 0.15) is 5.82 Å². The van der Waals surface area contributed by atoms with Gasteiger partial charge in [-0.1, -0.05) is 12.1 Å². The number of benzene rings is 1. The molecule has 0 spiro atoms. The van der Waals surface area contributed by atoms with E-state index in [9.17, 15) is 14.4 Å². The summed E-state index contributed by atoms with van der Waals surface area (Å²) in [7, 11) is 0. The van der Waals surface area contributed by atoms with Crippen molar-refractivity contribution in [3.05, 3.63) is 35.1 Å². The molecule has 5 nitrogen and oxygen atoms in total. The standard InChI is InChI=1S/C17H23FN2O3/c1-12-14(3-2-4-15(12)18)17(16(21)19-22)6-5-13(11-17)20-7-9-23-10-8-20/h2-4,13,22H,5-11H2,1H3,(H,19,21)/t13-,17+/m1/s1. The first-order valence-electron chi connectivity index (χ1n) is 8.10. The Labute approximate surface area is 135 Å². The second kappa shape index (κ2) is 6.55. The van der Waals surface area contributed by atoms with E-state index in [1.165, 1.54) is 6.07 Å². The molecule has 0 radical (unpaired) electrons. The van der Waals surface area contributed by atoms with Gasteiger partial charge in [-0.3, -0.25) is 14.9 Å². The molecule has 0 aromatic heterocycles. The molecule has 1 aliphatic carbocycles. The third kappa shape index (κ3) is 2.86. The number of hydrogen-bond donors (Lipinski definition) is 2. The minimum Gasteiger partial charge on any atom is -0.379 e. The molecular weight excluding hydrogens is 299 g/mol. The lowest BCUT2D eigenvalue weighted by Crippen LogP contribution is -2.46. The SMILES string of the molecule is Cc1c(F)cccc1[C@]1(C(=O)NO)CC[C@@H](N2CCOCC2)C1. The molecule has 2 atom stereocenters. The molecular formula is C17H23FN2O3. The first-order valence-corrected chi connectivity index (χ1v) is 8.10. The number of halogens is 1. The Morgan fingerprint density at radius 3 is 2.87 bits per heavy atom. The van der Waals surface area contributed by atoms with E-state index < -0.39 is 11.3 Å². The van der Waals surface area contributed by atoms with Crippen LogP contribution >= 0.6 is 0 Å². The first kappa shape index (κ1) is 16.4. The van der Waals surface area contributed by atoms with Crippen LogP contribution in [0.25, 0.3) is 0 Å². The summed E-state index contributed by atoms with van der Waals surface area (Å²) in [6.45, 7) is 4.80. The average Bonchev–Trinajstić information content (AvgIpc) is 3.04. The van der Waals surface area contributed by atoms with Gasteiger partial charge in [-0.15, -0.1) is 0 Å². The van der Waals surface area contributed by atoms with Crippen LogP contribution in [0, 0.1) is 12.7 Å². The van der Waals surface area contributed by atoms with E-state index in [0.717, 1.165) is 19.5 Å². The summed E-state index contributed by atoms with van der Waals surface area (Å²) in [5, 5.41) is 9.25. The second-order valence-corrected chi connectivity index (χ2v) is 6.48. The van der Waals surface area contributed by atoms with Crippen molar-refractivity contribution in [3.63, 3.8) is 0 Å². The van der Waals surface area contributed by atoms with Crippen LogP contribution < -0.4 is 5.48 Å². The Kier molecular flexibility index (Phi) is 4.66. The maximum absolute atomic E-state index is 14.0. The molecule has 6 heteroatoms. The zero-order valence-corrected chi connectivity index (χ0v) is 13.3. The molecule has 0 unspecified atom stereocenters. The van der Waals surface area contributed by atoms with Crippen LogP contribution in [0.2, 0.25) is 0 Å². The lowest BCUT2D eigenvalue weighted by Gasteiger charge is -2.34. The summed E-state index contributed by atoms with van der Waals surface area (Å²) < 4.78 is 19.4. The lowest BCUT2D eigenvalue weighted by atomic mass is 9.75. The average molecular weight is 322 g/mol. The van der Waals surface area contributed by atoms with Gasteiger partial charge in [0.25, 0.3) is 5.91 Å². The zero-order valence-electron chi connectivity index (χ0n) is 13.3. The molecule has 0 bridgehead atoms. The van der Waals surface area contributed by atoms with Gasteiger partial charge in [-0.25, -0.2) is 9.87 Å². The van der Waals surface area contributed by atoms with Crippen molar-refractivity contribution in [2.75, 3.05) is 26.3 Å². The number of ether oxygens (including phenoxy) is 1. The van der Waals surface area contributed by atoms with Crippen molar-refractivity contribution in [2.24, 2.45) is 0 Å². The topological polar surface area (TPSA) is 61.8 Å². The fourth-order valence-corrected chi connectivity index (χ4v) is 4.08. The summed E-state index contributed by atoms with van der Waals surface area (Å²) >= 11 is 0. The van der Waals surface area contributed by atoms with Crippen LogP contribution in [-0.2, 0) is 14.9 Å². The van der Waals surface area contributed by atoms with Crippen molar-refractivity contribution < 1.29 is 19.1 Å². The summed E-state index contributed by atoms with van der Waals surface area (Å²) in [5.41, 5.74) is 2.11. The molecule has 126 valence electrons. The van der Waals surface area contributed by atoms with Crippen molar-refractivity contribution >= 4 is 5.91 Å². The monoisotopic (exact) mass is 322 g/mol. The van der Waals surface area contributed by atoms with Crippen LogP contribution in [-0.4, -0.2) is 48.4 Å². The normalized spacial score (nSPS) is 28.7. The van der Waals surface area contributed by atoms with Crippen molar-refractivity contribution in [1.29, 1.82) is 0 Å². The smallest absolute Gasteiger partial charge is 0.254 e. The maximum atomic E-state index is 14.0. The Balaban J connectivity index is 1.93. The molecule has 2 fully saturated rings. The van der Waals surface area contributed by atoms with Crippen LogP contribution in [0.1, 0.15) is 30.4 Å². The molecule has 1 amide bonds. The predicted molar refractivity (Wildman–Crippen MR) is 82.8 cm³/mol. The number of morpholine rings is 1. The number of amides is 1. The highest BCUT2D eigenvalue weighted by Crippen LogP contribution is 2.44. The van der Waals surface area contributed by atoms with E-state index in [-0.39, 0.29) is 11.9 Å². The van der Waals surface area contributed by atoms with Gasteiger partial charge < -0.3 is 4.74 Å². The Bertz CT molecular complexity index is 589. The van der Waals surface area contributed by atoms with Crippen LogP contribution in [0.5, 0.6) is 0 Å². The van der Waals surface area contributed by atoms with E-state index in [1.807, 2.05) is 5.48 Å². The molecule has 2 aliphatic rings. The third-order valence-electron chi connectivity index (χ3n) is 5.37. The number of nitrogens with zero attached hydrogens (tertiary/aromatic N) is 1. The molecule has 1 aromatic rings. The highest BCUT2D eigenvalue weighted by atomic mass is 19.1. The summed E-state index contributed by atoms with van der Waals surface area (Å²) in [6.07, 6.45) is 2.04. The van der Waals surface area contributed by atoms with Crippen LogP contribution in [0.15, 0.2) is 18.2 Å². The van der Waals surface area contributed by atoms with Crippen LogP contribution in [0.4, 0.5) is 4.39 Å². The molecule has 1 heterocycles. The molecule has 3 rings (SSSR count). The number of carbonyl (C=O) groups excluding carboxylic acids is 1. The van der Waals surface area contributed by atoms with Crippen molar-refractivity contribution in [3.8, 4) is 0 Å². The summed E-state index contributed by atoms with van der Waals surface area (Å²) in [4.78, 5) is 14.8. The first-order chi connectivity index (χ1) is 11.1. The Morgan fingerprint density at radius 1 is 1.43 bits per heavy atom. The van der Waals surface area contributed by atoms with Gasteiger partial charge in [-0.2, -0.15) is 0 Å². The van der Waals surface area contributed by atoms with E-state index in [2.05, 4.69) is 4.90 Å². The number of hydrogen-bond acceptors (Lipinski definition) is 4. The summed E-state index contributed by atoms with van der Waals surface area (Å²) in [6, 6.07) is 5.08. The number of nitrogens with one attached hydrogen (secondary N) is 1. The third-order valence-corrected chi connectivity index (χ3v) is 5.37. The van der Waals surface area contributed by atoms with Crippen molar-refractivity contribution in [1.82, 2.24) is 10.4 Å². The zero-order chi connectivity index (χ0) is 16.4. The van der Waals surface area contributed by atoms with Crippen molar-refractivity contribution in [2.45, 2.75) is 37.6 Å². The highest BCUT2D eigenvalue weighted by Gasteiger charge is 2.49. The van der Waals surface area contributed by atoms with Gasteiger partial charge in [0.2, 0.25) is 0 Å². The number of hydroxylamine groups is 1. The number of rotatable bonds is 3. The molecule has 1 saturated carbocycles. The van der Waals surface area contributed by atoms with Gasteiger partial charge in [-0.05, 0) is 43.4 Å². The van der Waals surface area contributed by atoms with E-state index in [1.54, 1.807) is 19.1 Å². The minimum atomic E-state index is -0.871. The van der Waals surface area contributed by atoms with Gasteiger partial charge in [0, 0.05) is 19.1 Å². The largest absolute Gasteiger partial charge is 0.379 e. The molecule has 1 aromatic carbocycles. The fourth-order valence-electron chi connectivity index (χ4n) is 4.08. The van der Waals surface area contributed by atoms with Gasteiger partial charge in [0.15, 0.2) is 0 Å². The van der Waals surface area contributed by atoms with E-state index in [0.29, 0.717) is 37.2 Å². The fraction of sp³-hybridized carbons (Fsp3) is 0.588. The predicted octanol–water partition coefficient (Wildman–Crippen LogP) is 1.76. The lowest BCUT2D eigenvalue weighted by molar-refractivity contribution is -0.135. The molecule has 2 N–H and O–H groups in total. The van der Waals surface area contributed by atoms with E-state index >= 15 is 0 Å². The maximum Gasteiger partial charge on any atom is 0.254 e. The number of carbonyl (C=O) groups is 1. The minimum absolute atomic E-state index is 0.249.